The lowest BCUT2D eigenvalue weighted by Crippen LogP contribution is -1.87. The first kappa shape index (κ1) is 13.3. The number of hydrogen-bond acceptors (Lipinski definition) is 3. The SMILES string of the molecule is ICCOC=COC=COCCI. The lowest BCUT2D eigenvalue weighted by atomic mass is 10.8. The molecule has 76 valence electrons. The zero-order valence-corrected chi connectivity index (χ0v) is 11.4. The van der Waals surface area contributed by atoms with Crippen LogP contribution in [0.1, 0.15) is 0 Å². The van der Waals surface area contributed by atoms with Crippen LogP contribution < -0.4 is 0 Å². The summed E-state index contributed by atoms with van der Waals surface area (Å²) >= 11 is 4.47. The van der Waals surface area contributed by atoms with E-state index >= 15 is 0 Å². The van der Waals surface area contributed by atoms with Gasteiger partial charge in [0.15, 0.2) is 0 Å². The molecule has 0 N–H and O–H groups in total. The molecule has 0 aromatic carbocycles. The van der Waals surface area contributed by atoms with E-state index in [0.29, 0.717) is 13.2 Å². The van der Waals surface area contributed by atoms with E-state index in [4.69, 9.17) is 14.2 Å². The third-order valence-corrected chi connectivity index (χ3v) is 1.73. The molecule has 0 radical (unpaired) electrons. The van der Waals surface area contributed by atoms with Gasteiger partial charge in [-0.15, -0.1) is 0 Å². The van der Waals surface area contributed by atoms with Crippen LogP contribution in [-0.4, -0.2) is 22.1 Å². The van der Waals surface area contributed by atoms with Gasteiger partial charge in [-0.05, 0) is 0 Å². The van der Waals surface area contributed by atoms with Crippen LogP contribution in [-0.2, 0) is 14.2 Å². The topological polar surface area (TPSA) is 27.7 Å². The highest BCUT2D eigenvalue weighted by atomic mass is 127. The minimum atomic E-state index is 0.704. The summed E-state index contributed by atoms with van der Waals surface area (Å²) in [5.74, 6) is 0. The summed E-state index contributed by atoms with van der Waals surface area (Å²) in [5.41, 5.74) is 0. The standard InChI is InChI=1S/C8H12I2O3/c9-1-3-11-5-7-13-8-6-12-4-2-10/h5-8H,1-4H2. The molecule has 0 saturated carbocycles. The van der Waals surface area contributed by atoms with Crippen molar-refractivity contribution in [3.63, 3.8) is 0 Å². The van der Waals surface area contributed by atoms with Gasteiger partial charge in [0.2, 0.25) is 0 Å². The van der Waals surface area contributed by atoms with Crippen molar-refractivity contribution in [3.05, 3.63) is 25.0 Å². The lowest BCUT2D eigenvalue weighted by molar-refractivity contribution is 0.242. The number of rotatable bonds is 8. The highest BCUT2D eigenvalue weighted by Crippen LogP contribution is 1.87. The first-order valence-corrected chi connectivity index (χ1v) is 6.77. The van der Waals surface area contributed by atoms with Crippen LogP contribution in [0, 0.1) is 0 Å². The number of alkyl halides is 2. The van der Waals surface area contributed by atoms with Crippen LogP contribution in [0.25, 0.3) is 0 Å². The van der Waals surface area contributed by atoms with Crippen molar-refractivity contribution in [3.8, 4) is 0 Å². The maximum atomic E-state index is 5.02. The fourth-order valence-electron chi connectivity index (χ4n) is 0.413. The molecule has 0 amide bonds. The molecule has 0 aliphatic heterocycles. The zero-order valence-electron chi connectivity index (χ0n) is 7.12. The van der Waals surface area contributed by atoms with Crippen molar-refractivity contribution in [2.24, 2.45) is 0 Å². The van der Waals surface area contributed by atoms with E-state index in [1.807, 2.05) is 0 Å². The average Bonchev–Trinajstić information content (AvgIpc) is 2.16. The second kappa shape index (κ2) is 12.3. The predicted octanol–water partition coefficient (Wildman–Crippen LogP) is 2.85. The van der Waals surface area contributed by atoms with Gasteiger partial charge in [-0.3, -0.25) is 0 Å². The summed E-state index contributed by atoms with van der Waals surface area (Å²) in [6.07, 6.45) is 5.97. The summed E-state index contributed by atoms with van der Waals surface area (Å²) in [7, 11) is 0. The van der Waals surface area contributed by atoms with Crippen LogP contribution in [0.3, 0.4) is 0 Å². The molecule has 0 spiro atoms. The Labute approximate surface area is 106 Å². The molecule has 0 aliphatic carbocycles. The molecule has 0 saturated heterocycles. The van der Waals surface area contributed by atoms with Crippen molar-refractivity contribution in [1.29, 1.82) is 0 Å². The highest BCUT2D eigenvalue weighted by molar-refractivity contribution is 14.1. The lowest BCUT2D eigenvalue weighted by Gasteiger charge is -1.95. The third kappa shape index (κ3) is 12.3. The van der Waals surface area contributed by atoms with Crippen LogP contribution >= 0.6 is 45.2 Å². The fourth-order valence-corrected chi connectivity index (χ4v) is 0.922. The largest absolute Gasteiger partial charge is 0.497 e. The molecule has 0 aromatic rings. The molecule has 5 heteroatoms. The van der Waals surface area contributed by atoms with Crippen LogP contribution in [0.4, 0.5) is 0 Å². The van der Waals surface area contributed by atoms with Crippen molar-refractivity contribution in [2.75, 3.05) is 22.1 Å². The van der Waals surface area contributed by atoms with Gasteiger partial charge in [0.1, 0.15) is 25.0 Å². The van der Waals surface area contributed by atoms with E-state index in [9.17, 15) is 0 Å². The zero-order chi connectivity index (χ0) is 9.78. The molecular formula is C8H12I2O3. The average molecular weight is 410 g/mol. The van der Waals surface area contributed by atoms with Crippen molar-refractivity contribution < 1.29 is 14.2 Å². The Morgan fingerprint density at radius 1 is 0.769 bits per heavy atom. The summed E-state index contributed by atoms with van der Waals surface area (Å²) < 4.78 is 16.9. The molecule has 3 nitrogen and oxygen atoms in total. The Balaban J connectivity index is 3.13. The van der Waals surface area contributed by atoms with Gasteiger partial charge in [0.25, 0.3) is 0 Å². The van der Waals surface area contributed by atoms with Gasteiger partial charge >= 0.3 is 0 Å². The van der Waals surface area contributed by atoms with E-state index < -0.39 is 0 Å². The third-order valence-electron chi connectivity index (χ3n) is 0.851. The second-order valence-corrected chi connectivity index (χ2v) is 3.96. The molecule has 0 rings (SSSR count). The molecule has 0 aromatic heterocycles. The maximum absolute atomic E-state index is 5.02. The molecule has 0 atom stereocenters. The summed E-state index contributed by atoms with van der Waals surface area (Å²) in [6, 6.07) is 0. The molecule has 0 unspecified atom stereocenters. The van der Waals surface area contributed by atoms with Crippen molar-refractivity contribution in [1.82, 2.24) is 0 Å². The Morgan fingerprint density at radius 3 is 1.62 bits per heavy atom. The van der Waals surface area contributed by atoms with E-state index in [1.54, 1.807) is 0 Å². The van der Waals surface area contributed by atoms with Crippen molar-refractivity contribution in [2.45, 2.75) is 0 Å². The summed E-state index contributed by atoms with van der Waals surface area (Å²) in [5, 5.41) is 0. The summed E-state index contributed by atoms with van der Waals surface area (Å²) in [4.78, 5) is 0. The van der Waals surface area contributed by atoms with Gasteiger partial charge in [-0.2, -0.15) is 0 Å². The molecule has 0 aliphatic rings. The maximum Gasteiger partial charge on any atom is 0.125 e. The Kier molecular flexibility index (Phi) is 12.7. The monoisotopic (exact) mass is 410 g/mol. The predicted molar refractivity (Wildman–Crippen MR) is 69.0 cm³/mol. The van der Waals surface area contributed by atoms with Gasteiger partial charge < -0.3 is 14.2 Å². The van der Waals surface area contributed by atoms with Crippen LogP contribution in [0.15, 0.2) is 25.0 Å². The number of hydrogen-bond donors (Lipinski definition) is 0. The van der Waals surface area contributed by atoms with Gasteiger partial charge in [-0.1, -0.05) is 45.2 Å². The van der Waals surface area contributed by atoms with Gasteiger partial charge in [0.05, 0.1) is 13.2 Å². The van der Waals surface area contributed by atoms with Gasteiger partial charge in [-0.25, -0.2) is 0 Å². The van der Waals surface area contributed by atoms with Gasteiger partial charge in [0, 0.05) is 8.86 Å². The van der Waals surface area contributed by atoms with E-state index in [1.165, 1.54) is 25.0 Å². The minimum absolute atomic E-state index is 0.704. The fraction of sp³-hybridized carbons (Fsp3) is 0.500. The Bertz CT molecular complexity index is 132. The van der Waals surface area contributed by atoms with Crippen LogP contribution in [0.5, 0.6) is 0 Å². The Hall–Kier alpha value is 0.340. The number of ether oxygens (including phenoxy) is 3. The smallest absolute Gasteiger partial charge is 0.125 e. The quantitative estimate of drug-likeness (QED) is 0.267. The minimum Gasteiger partial charge on any atom is -0.497 e. The van der Waals surface area contributed by atoms with E-state index in [2.05, 4.69) is 45.2 Å². The van der Waals surface area contributed by atoms with Crippen LogP contribution in [0.2, 0.25) is 0 Å². The number of halogens is 2. The normalized spacial score (nSPS) is 10.9. The molecule has 0 bridgehead atoms. The summed E-state index contributed by atoms with van der Waals surface area (Å²) in [6.45, 7) is 1.41. The second-order valence-electron chi connectivity index (χ2n) is 1.80. The van der Waals surface area contributed by atoms with E-state index in [-0.39, 0.29) is 0 Å². The first-order chi connectivity index (χ1) is 6.41. The highest BCUT2D eigenvalue weighted by Gasteiger charge is 1.77. The molecule has 0 heterocycles. The van der Waals surface area contributed by atoms with Crippen molar-refractivity contribution >= 4 is 45.2 Å². The molecule has 13 heavy (non-hydrogen) atoms. The molecular weight excluding hydrogens is 398 g/mol. The molecule has 0 fully saturated rings. The first-order valence-electron chi connectivity index (χ1n) is 3.72. The van der Waals surface area contributed by atoms with E-state index in [0.717, 1.165) is 8.86 Å². The Morgan fingerprint density at radius 2 is 1.23 bits per heavy atom.